The molecule has 1 atom stereocenters. The van der Waals surface area contributed by atoms with Gasteiger partial charge in [0.2, 0.25) is 5.79 Å². The summed E-state index contributed by atoms with van der Waals surface area (Å²) >= 11 is 0. The maximum atomic E-state index is 12.9. The van der Waals surface area contributed by atoms with Gasteiger partial charge in [-0.1, -0.05) is 39.8 Å². The van der Waals surface area contributed by atoms with E-state index >= 15 is 0 Å². The molecule has 3 aromatic carbocycles. The number of fused-ring (bicyclic) bond motifs is 2. The Morgan fingerprint density at radius 3 is 1.83 bits per heavy atom. The summed E-state index contributed by atoms with van der Waals surface area (Å²) in [6, 6.07) is 9.31. The molecule has 0 radical (unpaired) electrons. The lowest BCUT2D eigenvalue weighted by molar-refractivity contribution is -0.214. The molecule has 0 amide bonds. The lowest BCUT2D eigenvalue weighted by Crippen LogP contribution is -2.59. The van der Waals surface area contributed by atoms with Crippen molar-refractivity contribution in [1.29, 1.82) is 0 Å². The first-order valence-corrected chi connectivity index (χ1v) is 13.9. The summed E-state index contributed by atoms with van der Waals surface area (Å²) in [5.74, 6) is -3.31. The minimum atomic E-state index is -1.68. The number of hydrogen-bond donors (Lipinski definition) is 2. The largest absolute Gasteiger partial charge is 0.496 e. The zero-order valence-electron chi connectivity index (χ0n) is 26.0. The molecule has 0 fully saturated rings. The first-order chi connectivity index (χ1) is 19.8. The van der Waals surface area contributed by atoms with Crippen LogP contribution in [-0.2, 0) is 19.0 Å². The third-order valence-corrected chi connectivity index (χ3v) is 8.40. The summed E-state index contributed by atoms with van der Waals surface area (Å²) in [6.45, 7) is 12.1. The molecular weight excluding hydrogens is 536 g/mol. The van der Waals surface area contributed by atoms with E-state index in [1.807, 2.05) is 65.8 Å². The Kier molecular flexibility index (Phi) is 8.56. The fourth-order valence-corrected chi connectivity index (χ4v) is 6.57. The summed E-state index contributed by atoms with van der Waals surface area (Å²) in [5, 5.41) is 23.3. The Hall–Kier alpha value is -3.72. The molecule has 8 heteroatoms. The Morgan fingerprint density at radius 1 is 0.762 bits per heavy atom. The van der Waals surface area contributed by atoms with E-state index in [4.69, 9.17) is 18.9 Å². The minimum absolute atomic E-state index is 0.0102. The highest BCUT2D eigenvalue weighted by Gasteiger charge is 2.51. The van der Waals surface area contributed by atoms with Gasteiger partial charge in [-0.3, -0.25) is 0 Å². The molecular formula is C34H40O8. The van der Waals surface area contributed by atoms with Crippen LogP contribution in [0.5, 0.6) is 5.75 Å². The summed E-state index contributed by atoms with van der Waals surface area (Å²) in [5.41, 5.74) is 5.28. The standard InChI is InChI=1S/C34H40O8/c1-16(2)28-23-11-18(5)20(13-22(23)26(32(35)36)15-27(28)39-7)21-14-25-24(12-19(21)6)29(17(3)4)31(40-8)34(41-9,42-10)30(25)33(37)38/h11-17,31H,1-10H3,(H,35,36)(H,37,38). The topological polar surface area (TPSA) is 112 Å². The number of ether oxygens (including phenoxy) is 4. The summed E-state index contributed by atoms with van der Waals surface area (Å²) in [6.07, 6.45) is -0.790. The van der Waals surface area contributed by atoms with Crippen LogP contribution in [0, 0.1) is 19.8 Å². The molecule has 1 aliphatic rings. The molecule has 0 saturated heterocycles. The predicted molar refractivity (Wildman–Crippen MR) is 163 cm³/mol. The number of hydrogen-bond acceptors (Lipinski definition) is 6. The third kappa shape index (κ3) is 4.68. The lowest BCUT2D eigenvalue weighted by atomic mass is 9.79. The maximum Gasteiger partial charge on any atom is 0.337 e. The molecule has 0 heterocycles. The van der Waals surface area contributed by atoms with Crippen molar-refractivity contribution in [3.63, 3.8) is 0 Å². The van der Waals surface area contributed by atoms with Crippen molar-refractivity contribution in [3.8, 4) is 16.9 Å². The van der Waals surface area contributed by atoms with Crippen molar-refractivity contribution < 1.29 is 38.7 Å². The molecule has 1 aliphatic carbocycles. The molecule has 2 N–H and O–H groups in total. The second kappa shape index (κ2) is 11.5. The number of rotatable bonds is 9. The van der Waals surface area contributed by atoms with Crippen LogP contribution >= 0.6 is 0 Å². The van der Waals surface area contributed by atoms with E-state index in [1.165, 1.54) is 21.3 Å². The third-order valence-electron chi connectivity index (χ3n) is 8.40. The molecule has 0 aliphatic heterocycles. The van der Waals surface area contributed by atoms with Gasteiger partial charge in [0.25, 0.3) is 0 Å². The van der Waals surface area contributed by atoms with Crippen molar-refractivity contribution in [3.05, 3.63) is 63.0 Å². The molecule has 42 heavy (non-hydrogen) atoms. The average molecular weight is 577 g/mol. The monoisotopic (exact) mass is 576 g/mol. The number of carboxylic acids is 2. The zero-order valence-corrected chi connectivity index (χ0v) is 26.0. The van der Waals surface area contributed by atoms with E-state index in [0.717, 1.165) is 44.0 Å². The van der Waals surface area contributed by atoms with Gasteiger partial charge in [-0.2, -0.15) is 0 Å². The van der Waals surface area contributed by atoms with Gasteiger partial charge in [-0.05, 0) is 92.9 Å². The van der Waals surface area contributed by atoms with Crippen LogP contribution < -0.4 is 15.2 Å². The Morgan fingerprint density at radius 2 is 1.36 bits per heavy atom. The van der Waals surface area contributed by atoms with Gasteiger partial charge in [0.15, 0.2) is 0 Å². The van der Waals surface area contributed by atoms with E-state index in [2.05, 4.69) is 0 Å². The minimum Gasteiger partial charge on any atom is -0.496 e. The second-order valence-electron chi connectivity index (χ2n) is 11.4. The predicted octanol–water partition coefficient (Wildman–Crippen LogP) is 5.01. The van der Waals surface area contributed by atoms with Gasteiger partial charge in [-0.25, -0.2) is 9.59 Å². The molecule has 0 saturated carbocycles. The highest BCUT2D eigenvalue weighted by Crippen LogP contribution is 2.41. The molecule has 0 spiro atoms. The van der Waals surface area contributed by atoms with E-state index in [0.29, 0.717) is 16.4 Å². The first-order valence-electron chi connectivity index (χ1n) is 13.9. The number of carbonyl (C=O) groups is 2. The van der Waals surface area contributed by atoms with Gasteiger partial charge in [0, 0.05) is 26.9 Å². The van der Waals surface area contributed by atoms with Crippen molar-refractivity contribution in [2.75, 3.05) is 28.4 Å². The first kappa shape index (κ1) is 31.2. The average Bonchev–Trinajstić information content (AvgIpc) is 2.93. The quantitative estimate of drug-likeness (QED) is 0.342. The zero-order chi connectivity index (χ0) is 31.3. The molecule has 4 rings (SSSR count). The fourth-order valence-electron chi connectivity index (χ4n) is 6.57. The van der Waals surface area contributed by atoms with Gasteiger partial charge < -0.3 is 29.2 Å². The highest BCUT2D eigenvalue weighted by atomic mass is 16.7. The van der Waals surface area contributed by atoms with Crippen LogP contribution in [0.25, 0.3) is 33.0 Å². The SMILES string of the molecule is COc1cc(C(=O)O)c2cc(-c3cc4c(cc3C)=C(C(C)C)C(OC)C(OC)(OC)C=4C(=O)O)c(C)cc2c1C(C)C. The number of aliphatic carboxylic acids is 1. The van der Waals surface area contributed by atoms with Crippen LogP contribution in [-0.4, -0.2) is 62.5 Å². The number of aromatic carboxylic acids is 1. The summed E-state index contributed by atoms with van der Waals surface area (Å²) < 4.78 is 23.1. The van der Waals surface area contributed by atoms with Crippen molar-refractivity contribution in [2.24, 2.45) is 5.92 Å². The van der Waals surface area contributed by atoms with E-state index in [-0.39, 0.29) is 23.0 Å². The number of benzene rings is 3. The van der Waals surface area contributed by atoms with Crippen molar-refractivity contribution in [2.45, 2.75) is 59.4 Å². The van der Waals surface area contributed by atoms with E-state index in [1.54, 1.807) is 13.2 Å². The van der Waals surface area contributed by atoms with Crippen LogP contribution in [0.2, 0.25) is 0 Å². The molecule has 3 aromatic rings. The number of methoxy groups -OCH3 is 4. The normalized spacial score (nSPS) is 16.3. The molecule has 1 unspecified atom stereocenters. The maximum absolute atomic E-state index is 12.9. The van der Waals surface area contributed by atoms with Crippen LogP contribution in [0.4, 0.5) is 0 Å². The summed E-state index contributed by atoms with van der Waals surface area (Å²) in [4.78, 5) is 25.3. The number of aryl methyl sites for hydroxylation is 2. The Balaban J connectivity index is 2.23. The van der Waals surface area contributed by atoms with Crippen LogP contribution in [0.3, 0.4) is 0 Å². The van der Waals surface area contributed by atoms with Crippen LogP contribution in [0.15, 0.2) is 30.3 Å². The Labute approximate surface area is 246 Å². The van der Waals surface area contributed by atoms with E-state index in [9.17, 15) is 19.8 Å². The van der Waals surface area contributed by atoms with Crippen molar-refractivity contribution >= 4 is 33.9 Å². The lowest BCUT2D eigenvalue weighted by Gasteiger charge is -2.42. The second-order valence-corrected chi connectivity index (χ2v) is 11.4. The van der Waals surface area contributed by atoms with Crippen molar-refractivity contribution in [1.82, 2.24) is 0 Å². The Bertz CT molecular complexity index is 1710. The molecule has 0 bridgehead atoms. The van der Waals surface area contributed by atoms with Gasteiger partial charge in [0.1, 0.15) is 17.4 Å². The highest BCUT2D eigenvalue weighted by molar-refractivity contribution is 6.12. The summed E-state index contributed by atoms with van der Waals surface area (Å²) in [7, 11) is 5.89. The molecule has 0 aromatic heterocycles. The van der Waals surface area contributed by atoms with Gasteiger partial charge in [0.05, 0.1) is 12.7 Å². The van der Waals surface area contributed by atoms with E-state index < -0.39 is 23.8 Å². The van der Waals surface area contributed by atoms with Gasteiger partial charge in [-0.15, -0.1) is 0 Å². The van der Waals surface area contributed by atoms with Gasteiger partial charge >= 0.3 is 11.9 Å². The van der Waals surface area contributed by atoms with Crippen LogP contribution in [0.1, 0.15) is 60.7 Å². The molecule has 8 nitrogen and oxygen atoms in total. The smallest absolute Gasteiger partial charge is 0.337 e. The number of carboxylic acid groups (broad SMARTS) is 2. The molecule has 224 valence electrons. The fraction of sp³-hybridized carbons (Fsp3) is 0.412.